The number of hydrogen-bond acceptors (Lipinski definition) is 6. The lowest BCUT2D eigenvalue weighted by Gasteiger charge is -2.12. The van der Waals surface area contributed by atoms with Crippen molar-refractivity contribution in [3.63, 3.8) is 0 Å². The van der Waals surface area contributed by atoms with Gasteiger partial charge in [0.1, 0.15) is 16.5 Å². The van der Waals surface area contributed by atoms with Crippen molar-refractivity contribution in [2.45, 2.75) is 55.0 Å². The SMILES string of the molecule is C[C@H](Sc1nnc(C2CC2)n1C1CC1)c1nc2scc(-c3ccccc3)c2c(=O)[nH]1. The van der Waals surface area contributed by atoms with Crippen LogP contribution >= 0.6 is 23.1 Å². The Bertz CT molecular complexity index is 1280. The van der Waals surface area contributed by atoms with Crippen LogP contribution in [0.25, 0.3) is 21.3 Å². The maximum atomic E-state index is 13.0. The van der Waals surface area contributed by atoms with Gasteiger partial charge in [0.15, 0.2) is 5.16 Å². The van der Waals surface area contributed by atoms with Crippen LogP contribution in [0.15, 0.2) is 45.7 Å². The van der Waals surface area contributed by atoms with E-state index in [4.69, 9.17) is 4.98 Å². The summed E-state index contributed by atoms with van der Waals surface area (Å²) in [5.74, 6) is 2.42. The molecular formula is C22H21N5OS2. The molecule has 6 nitrogen and oxygen atoms in total. The minimum Gasteiger partial charge on any atom is -0.309 e. The Balaban J connectivity index is 1.33. The Hall–Kier alpha value is -2.45. The number of nitrogens with one attached hydrogen (secondary N) is 1. The molecule has 30 heavy (non-hydrogen) atoms. The van der Waals surface area contributed by atoms with Crippen molar-refractivity contribution in [3.8, 4) is 11.1 Å². The summed E-state index contributed by atoms with van der Waals surface area (Å²) in [5.41, 5.74) is 1.90. The lowest BCUT2D eigenvalue weighted by Crippen LogP contribution is -2.12. The molecule has 0 amide bonds. The number of thioether (sulfide) groups is 1. The maximum absolute atomic E-state index is 13.0. The third-order valence-electron chi connectivity index (χ3n) is 5.76. The standard InChI is InChI=1S/C22H21N5OS2/c1-12(30-22-26-25-19(14-7-8-14)27(22)15-9-10-15)18-23-20(28)17-16(11-29-21(17)24-18)13-5-3-2-4-6-13/h2-6,11-12,14-15H,7-10H2,1H3,(H,23,24,28)/t12-/m0/s1. The van der Waals surface area contributed by atoms with Crippen LogP contribution in [-0.4, -0.2) is 24.7 Å². The van der Waals surface area contributed by atoms with E-state index in [1.54, 1.807) is 11.8 Å². The average Bonchev–Trinajstić information content (AvgIpc) is 3.69. The van der Waals surface area contributed by atoms with E-state index in [-0.39, 0.29) is 10.8 Å². The van der Waals surface area contributed by atoms with Crippen molar-refractivity contribution in [1.29, 1.82) is 0 Å². The zero-order valence-electron chi connectivity index (χ0n) is 16.5. The Morgan fingerprint density at radius 2 is 1.97 bits per heavy atom. The number of aromatic nitrogens is 5. The summed E-state index contributed by atoms with van der Waals surface area (Å²) in [5, 5.41) is 12.6. The summed E-state index contributed by atoms with van der Waals surface area (Å²) >= 11 is 3.16. The molecular weight excluding hydrogens is 414 g/mol. The van der Waals surface area contributed by atoms with Gasteiger partial charge in [-0.1, -0.05) is 42.1 Å². The van der Waals surface area contributed by atoms with E-state index in [2.05, 4.69) is 26.7 Å². The fraction of sp³-hybridized carbons (Fsp3) is 0.364. The van der Waals surface area contributed by atoms with Crippen molar-refractivity contribution < 1.29 is 0 Å². The molecule has 152 valence electrons. The summed E-state index contributed by atoms with van der Waals surface area (Å²) in [6, 6.07) is 10.5. The number of fused-ring (bicyclic) bond motifs is 1. The lowest BCUT2D eigenvalue weighted by molar-refractivity contribution is 0.625. The van der Waals surface area contributed by atoms with Gasteiger partial charge in [-0.05, 0) is 38.2 Å². The minimum absolute atomic E-state index is 0.0156. The average molecular weight is 436 g/mol. The van der Waals surface area contributed by atoms with Crippen LogP contribution < -0.4 is 5.56 Å². The molecule has 4 aromatic rings. The van der Waals surface area contributed by atoms with Crippen LogP contribution in [0, 0.1) is 0 Å². The van der Waals surface area contributed by atoms with Gasteiger partial charge in [0.2, 0.25) is 0 Å². The minimum atomic E-state index is -0.0788. The van der Waals surface area contributed by atoms with Crippen LogP contribution in [0.4, 0.5) is 0 Å². The largest absolute Gasteiger partial charge is 0.309 e. The van der Waals surface area contributed by atoms with E-state index >= 15 is 0 Å². The molecule has 1 atom stereocenters. The Morgan fingerprint density at radius 3 is 2.70 bits per heavy atom. The molecule has 6 rings (SSSR count). The van der Waals surface area contributed by atoms with Crippen molar-refractivity contribution in [3.05, 3.63) is 57.7 Å². The molecule has 0 spiro atoms. The smallest absolute Gasteiger partial charge is 0.260 e. The highest BCUT2D eigenvalue weighted by molar-refractivity contribution is 7.99. The predicted molar refractivity (Wildman–Crippen MR) is 120 cm³/mol. The maximum Gasteiger partial charge on any atom is 0.260 e. The second-order valence-corrected chi connectivity index (χ2v) is 10.3. The van der Waals surface area contributed by atoms with E-state index in [1.165, 1.54) is 37.0 Å². The molecule has 2 aliphatic rings. The molecule has 2 saturated carbocycles. The fourth-order valence-electron chi connectivity index (χ4n) is 3.87. The van der Waals surface area contributed by atoms with Crippen LogP contribution in [0.2, 0.25) is 0 Å². The quantitative estimate of drug-likeness (QED) is 0.415. The highest BCUT2D eigenvalue weighted by atomic mass is 32.2. The highest BCUT2D eigenvalue weighted by Gasteiger charge is 2.36. The van der Waals surface area contributed by atoms with Gasteiger partial charge in [0, 0.05) is 22.9 Å². The van der Waals surface area contributed by atoms with Gasteiger partial charge in [-0.15, -0.1) is 21.5 Å². The molecule has 0 saturated heterocycles. The van der Waals surface area contributed by atoms with Gasteiger partial charge in [-0.25, -0.2) is 4.98 Å². The second-order valence-electron chi connectivity index (χ2n) is 8.12. The zero-order valence-corrected chi connectivity index (χ0v) is 18.2. The van der Waals surface area contributed by atoms with E-state index in [0.717, 1.165) is 26.9 Å². The van der Waals surface area contributed by atoms with Crippen LogP contribution in [0.5, 0.6) is 0 Å². The molecule has 1 N–H and O–H groups in total. The van der Waals surface area contributed by atoms with Crippen molar-refractivity contribution in [2.75, 3.05) is 0 Å². The van der Waals surface area contributed by atoms with Crippen LogP contribution in [-0.2, 0) is 0 Å². The molecule has 0 aliphatic heterocycles. The second kappa shape index (κ2) is 7.06. The molecule has 1 aromatic carbocycles. The van der Waals surface area contributed by atoms with E-state index < -0.39 is 0 Å². The predicted octanol–water partition coefficient (Wildman–Crippen LogP) is 5.31. The van der Waals surface area contributed by atoms with Gasteiger partial charge >= 0.3 is 0 Å². The van der Waals surface area contributed by atoms with Gasteiger partial charge in [-0.2, -0.15) is 0 Å². The fourth-order valence-corrected chi connectivity index (χ4v) is 5.81. The number of aromatic amines is 1. The van der Waals surface area contributed by atoms with Gasteiger partial charge < -0.3 is 9.55 Å². The molecule has 0 radical (unpaired) electrons. The molecule has 8 heteroatoms. The Labute approximate surface area is 181 Å². The molecule has 3 aromatic heterocycles. The third kappa shape index (κ3) is 3.18. The molecule has 0 bridgehead atoms. The molecule has 2 fully saturated rings. The number of hydrogen-bond donors (Lipinski definition) is 1. The van der Waals surface area contributed by atoms with E-state index in [1.807, 2.05) is 35.7 Å². The molecule has 0 unspecified atom stereocenters. The zero-order chi connectivity index (χ0) is 20.2. The third-order valence-corrected chi connectivity index (χ3v) is 7.70. The number of rotatable bonds is 6. The first-order valence-electron chi connectivity index (χ1n) is 10.4. The van der Waals surface area contributed by atoms with Crippen molar-refractivity contribution >= 4 is 33.3 Å². The van der Waals surface area contributed by atoms with Crippen molar-refractivity contribution in [1.82, 2.24) is 24.7 Å². The lowest BCUT2D eigenvalue weighted by atomic mass is 10.1. The normalized spacial score (nSPS) is 17.5. The molecule has 3 heterocycles. The summed E-state index contributed by atoms with van der Waals surface area (Å²) < 4.78 is 2.34. The summed E-state index contributed by atoms with van der Waals surface area (Å²) in [4.78, 5) is 21.6. The highest BCUT2D eigenvalue weighted by Crippen LogP contribution is 2.47. The number of H-pyrrole nitrogens is 1. The summed E-state index contributed by atoms with van der Waals surface area (Å²) in [6.07, 6.45) is 4.86. The monoisotopic (exact) mass is 435 g/mol. The number of nitrogens with zero attached hydrogens (tertiary/aromatic N) is 4. The topological polar surface area (TPSA) is 76.5 Å². The first-order valence-corrected chi connectivity index (χ1v) is 12.1. The summed E-state index contributed by atoms with van der Waals surface area (Å²) in [6.45, 7) is 2.07. The van der Waals surface area contributed by atoms with Gasteiger partial charge in [0.05, 0.1) is 10.6 Å². The Kier molecular flexibility index (Phi) is 4.31. The Morgan fingerprint density at radius 1 is 1.17 bits per heavy atom. The van der Waals surface area contributed by atoms with Gasteiger partial charge in [0.25, 0.3) is 5.56 Å². The summed E-state index contributed by atoms with van der Waals surface area (Å²) in [7, 11) is 0. The van der Waals surface area contributed by atoms with Gasteiger partial charge in [-0.3, -0.25) is 4.79 Å². The van der Waals surface area contributed by atoms with E-state index in [0.29, 0.717) is 23.2 Å². The first-order chi connectivity index (χ1) is 14.7. The first kappa shape index (κ1) is 18.3. The molecule has 2 aliphatic carbocycles. The van der Waals surface area contributed by atoms with Crippen LogP contribution in [0.1, 0.15) is 61.5 Å². The number of benzene rings is 1. The van der Waals surface area contributed by atoms with Crippen molar-refractivity contribution in [2.24, 2.45) is 0 Å². The van der Waals surface area contributed by atoms with E-state index in [9.17, 15) is 4.79 Å². The number of thiophene rings is 1. The van der Waals surface area contributed by atoms with Crippen LogP contribution in [0.3, 0.4) is 0 Å².